The molecule has 0 unspecified atom stereocenters. The van der Waals surface area contributed by atoms with Gasteiger partial charge >= 0.3 is 6.18 Å². The zero-order chi connectivity index (χ0) is 14.8. The third kappa shape index (κ3) is 3.45. The van der Waals surface area contributed by atoms with Gasteiger partial charge in [0.15, 0.2) is 0 Å². The highest BCUT2D eigenvalue weighted by molar-refractivity contribution is 6.32. The Hall–Kier alpha value is -1.68. The van der Waals surface area contributed by atoms with Crippen molar-refractivity contribution in [3.05, 3.63) is 64.2 Å². The summed E-state index contributed by atoms with van der Waals surface area (Å²) >= 11 is 5.86. The van der Waals surface area contributed by atoms with Gasteiger partial charge in [-0.3, -0.25) is 0 Å². The van der Waals surface area contributed by atoms with Gasteiger partial charge in [0.25, 0.3) is 0 Å². The fourth-order valence-corrected chi connectivity index (χ4v) is 1.89. The average Bonchev–Trinajstić information content (AvgIpc) is 2.38. The lowest BCUT2D eigenvalue weighted by atomic mass is 10.1. The summed E-state index contributed by atoms with van der Waals surface area (Å²) in [5.41, 5.74) is 1.14. The number of rotatable bonds is 3. The van der Waals surface area contributed by atoms with Gasteiger partial charge in [-0.1, -0.05) is 35.9 Å². The molecule has 0 aliphatic carbocycles. The Morgan fingerprint density at radius 3 is 2.45 bits per heavy atom. The number of halogens is 4. The molecule has 0 atom stereocenters. The molecule has 2 aromatic carbocycles. The molecule has 0 amide bonds. The molecule has 0 saturated heterocycles. The van der Waals surface area contributed by atoms with Gasteiger partial charge in [-0.05, 0) is 36.2 Å². The van der Waals surface area contributed by atoms with Crippen LogP contribution in [0.15, 0.2) is 42.5 Å². The predicted molar refractivity (Wildman–Crippen MR) is 72.0 cm³/mol. The molecular formula is C15H12ClF3O. The van der Waals surface area contributed by atoms with Crippen molar-refractivity contribution in [3.63, 3.8) is 0 Å². The van der Waals surface area contributed by atoms with E-state index in [1.54, 1.807) is 0 Å². The Labute approximate surface area is 119 Å². The van der Waals surface area contributed by atoms with Crippen LogP contribution in [0.4, 0.5) is 13.2 Å². The molecule has 0 saturated carbocycles. The van der Waals surface area contributed by atoms with Crippen LogP contribution in [0, 0.1) is 6.92 Å². The molecular weight excluding hydrogens is 289 g/mol. The van der Waals surface area contributed by atoms with Crippen molar-refractivity contribution < 1.29 is 17.9 Å². The van der Waals surface area contributed by atoms with Crippen molar-refractivity contribution in [2.45, 2.75) is 19.7 Å². The first-order valence-corrected chi connectivity index (χ1v) is 6.30. The zero-order valence-electron chi connectivity index (χ0n) is 10.7. The van der Waals surface area contributed by atoms with Crippen molar-refractivity contribution in [1.29, 1.82) is 0 Å². The monoisotopic (exact) mass is 300 g/mol. The Kier molecular flexibility index (Phi) is 4.23. The smallest absolute Gasteiger partial charge is 0.416 e. The first-order chi connectivity index (χ1) is 9.38. The maximum Gasteiger partial charge on any atom is 0.416 e. The second kappa shape index (κ2) is 5.75. The van der Waals surface area contributed by atoms with Gasteiger partial charge in [0, 0.05) is 0 Å². The van der Waals surface area contributed by atoms with Crippen LogP contribution in [0.2, 0.25) is 5.02 Å². The maximum absolute atomic E-state index is 12.6. The molecule has 0 aliphatic rings. The van der Waals surface area contributed by atoms with Crippen LogP contribution in [0.25, 0.3) is 0 Å². The second-order valence-corrected chi connectivity index (χ2v) is 4.77. The fraction of sp³-hybridized carbons (Fsp3) is 0.200. The van der Waals surface area contributed by atoms with Crippen molar-refractivity contribution in [1.82, 2.24) is 0 Å². The van der Waals surface area contributed by atoms with Gasteiger partial charge in [-0.25, -0.2) is 0 Å². The minimum Gasteiger partial charge on any atom is -0.487 e. The maximum atomic E-state index is 12.6. The molecule has 0 spiro atoms. The summed E-state index contributed by atoms with van der Waals surface area (Å²) in [6.07, 6.45) is -4.41. The highest BCUT2D eigenvalue weighted by Crippen LogP contribution is 2.35. The molecule has 20 heavy (non-hydrogen) atoms. The predicted octanol–water partition coefficient (Wildman–Crippen LogP) is 5.25. The van der Waals surface area contributed by atoms with Gasteiger partial charge in [0.1, 0.15) is 12.4 Å². The third-order valence-electron chi connectivity index (χ3n) is 2.90. The lowest BCUT2D eigenvalue weighted by Gasteiger charge is -2.12. The van der Waals surface area contributed by atoms with Crippen LogP contribution < -0.4 is 4.74 Å². The van der Waals surface area contributed by atoms with Crippen LogP contribution in [-0.2, 0) is 12.8 Å². The van der Waals surface area contributed by atoms with Gasteiger partial charge in [0.2, 0.25) is 0 Å². The number of hydrogen-bond donors (Lipinski definition) is 0. The molecule has 0 heterocycles. The van der Waals surface area contributed by atoms with Gasteiger partial charge < -0.3 is 4.74 Å². The van der Waals surface area contributed by atoms with Crippen LogP contribution in [0.1, 0.15) is 16.7 Å². The highest BCUT2D eigenvalue weighted by Gasteiger charge is 2.31. The molecule has 0 N–H and O–H groups in total. The number of aryl methyl sites for hydroxylation is 1. The number of hydrogen-bond acceptors (Lipinski definition) is 1. The first kappa shape index (κ1) is 14.7. The van der Waals surface area contributed by atoms with E-state index in [0.717, 1.165) is 23.3 Å². The minimum absolute atomic E-state index is 0.0322. The first-order valence-electron chi connectivity index (χ1n) is 5.92. The van der Waals surface area contributed by atoms with E-state index < -0.39 is 11.7 Å². The summed E-state index contributed by atoms with van der Waals surface area (Å²) in [5, 5.41) is 0.159. The summed E-state index contributed by atoms with van der Waals surface area (Å²) in [7, 11) is 0. The third-order valence-corrected chi connectivity index (χ3v) is 3.22. The van der Waals surface area contributed by atoms with Crippen molar-refractivity contribution in [2.75, 3.05) is 0 Å². The standard InChI is InChI=1S/C15H12ClF3O/c1-10-4-2-3-5-11(10)9-20-14-8-12(15(17,18)19)6-7-13(14)16/h2-8H,9H2,1H3. The molecule has 0 aromatic heterocycles. The van der Waals surface area contributed by atoms with E-state index in [1.165, 1.54) is 6.07 Å². The Morgan fingerprint density at radius 1 is 1.10 bits per heavy atom. The van der Waals surface area contributed by atoms with Crippen LogP contribution in [0.3, 0.4) is 0 Å². The molecule has 1 nitrogen and oxygen atoms in total. The quantitative estimate of drug-likeness (QED) is 0.752. The number of ether oxygens (including phenoxy) is 1. The summed E-state index contributed by atoms with van der Waals surface area (Å²) in [6, 6.07) is 10.5. The van der Waals surface area contributed by atoms with E-state index in [0.29, 0.717) is 0 Å². The molecule has 106 valence electrons. The Bertz CT molecular complexity index is 608. The van der Waals surface area contributed by atoms with Gasteiger partial charge in [-0.2, -0.15) is 13.2 Å². The topological polar surface area (TPSA) is 9.23 Å². The Balaban J connectivity index is 2.19. The SMILES string of the molecule is Cc1ccccc1COc1cc(C(F)(F)F)ccc1Cl. The zero-order valence-corrected chi connectivity index (χ0v) is 11.4. The summed E-state index contributed by atoms with van der Waals surface area (Å²) in [5.74, 6) is 0.0322. The summed E-state index contributed by atoms with van der Waals surface area (Å²) in [4.78, 5) is 0. The highest BCUT2D eigenvalue weighted by atomic mass is 35.5. The van der Waals surface area contributed by atoms with E-state index in [4.69, 9.17) is 16.3 Å². The van der Waals surface area contributed by atoms with Gasteiger partial charge in [-0.15, -0.1) is 0 Å². The average molecular weight is 301 g/mol. The molecule has 2 aromatic rings. The van der Waals surface area contributed by atoms with E-state index in [2.05, 4.69) is 0 Å². The van der Waals surface area contributed by atoms with Gasteiger partial charge in [0.05, 0.1) is 10.6 Å². The van der Waals surface area contributed by atoms with E-state index >= 15 is 0 Å². The molecule has 0 radical (unpaired) electrons. The minimum atomic E-state index is -4.41. The van der Waals surface area contributed by atoms with Crippen LogP contribution >= 0.6 is 11.6 Å². The number of alkyl halides is 3. The fourth-order valence-electron chi connectivity index (χ4n) is 1.72. The molecule has 0 aliphatic heterocycles. The second-order valence-electron chi connectivity index (χ2n) is 4.36. The van der Waals surface area contributed by atoms with Crippen molar-refractivity contribution in [3.8, 4) is 5.75 Å². The van der Waals surface area contributed by atoms with Crippen molar-refractivity contribution >= 4 is 11.6 Å². The van der Waals surface area contributed by atoms with E-state index in [-0.39, 0.29) is 17.4 Å². The van der Waals surface area contributed by atoms with Crippen LogP contribution in [0.5, 0.6) is 5.75 Å². The normalized spacial score (nSPS) is 11.4. The van der Waals surface area contributed by atoms with Crippen molar-refractivity contribution in [2.24, 2.45) is 0 Å². The van der Waals surface area contributed by atoms with Crippen LogP contribution in [-0.4, -0.2) is 0 Å². The lowest BCUT2D eigenvalue weighted by molar-refractivity contribution is -0.137. The Morgan fingerprint density at radius 2 is 1.80 bits per heavy atom. The molecule has 2 rings (SSSR count). The van der Waals surface area contributed by atoms with E-state index in [1.807, 2.05) is 31.2 Å². The molecule has 0 fully saturated rings. The van der Waals surface area contributed by atoms with E-state index in [9.17, 15) is 13.2 Å². The summed E-state index contributed by atoms with van der Waals surface area (Å²) in [6.45, 7) is 2.08. The largest absolute Gasteiger partial charge is 0.487 e. The number of benzene rings is 2. The lowest BCUT2D eigenvalue weighted by Crippen LogP contribution is -2.06. The molecule has 5 heteroatoms. The summed E-state index contributed by atoms with van der Waals surface area (Å²) < 4.78 is 43.3. The molecule has 0 bridgehead atoms.